The van der Waals surface area contributed by atoms with Crippen LogP contribution < -0.4 is 5.46 Å². The minimum absolute atomic E-state index is 0.122. The fourth-order valence-electron chi connectivity index (χ4n) is 1.55. The highest BCUT2D eigenvalue weighted by Crippen LogP contribution is 2.08. The second-order valence-electron chi connectivity index (χ2n) is 3.57. The fourth-order valence-corrected chi connectivity index (χ4v) is 1.71. The third kappa shape index (κ3) is 2.85. The zero-order chi connectivity index (χ0) is 12.4. The van der Waals surface area contributed by atoms with Crippen molar-refractivity contribution in [1.29, 1.82) is 0 Å². The van der Waals surface area contributed by atoms with E-state index in [4.69, 9.17) is 21.6 Å². The molecule has 0 aliphatic rings. The summed E-state index contributed by atoms with van der Waals surface area (Å²) in [7, 11) is -1.72. The Labute approximate surface area is 102 Å². The Morgan fingerprint density at radius 1 is 1.41 bits per heavy atom. The summed E-state index contributed by atoms with van der Waals surface area (Å²) in [4.78, 5) is 0. The van der Waals surface area contributed by atoms with Crippen molar-refractivity contribution in [2.45, 2.75) is 6.54 Å². The molecule has 4 nitrogen and oxygen atoms in total. The van der Waals surface area contributed by atoms with Crippen molar-refractivity contribution >= 4 is 24.2 Å². The Balaban J connectivity index is 2.32. The highest BCUT2D eigenvalue weighted by Gasteiger charge is 2.17. The van der Waals surface area contributed by atoms with Crippen LogP contribution in [-0.2, 0) is 6.54 Å². The van der Waals surface area contributed by atoms with Gasteiger partial charge in [0, 0.05) is 6.20 Å². The van der Waals surface area contributed by atoms with Crippen molar-refractivity contribution < 1.29 is 14.4 Å². The van der Waals surface area contributed by atoms with Gasteiger partial charge in [-0.1, -0.05) is 17.7 Å². The predicted octanol–water partition coefficient (Wildman–Crippen LogP) is 0.404. The molecule has 0 radical (unpaired) electrons. The van der Waals surface area contributed by atoms with Crippen molar-refractivity contribution in [2.75, 3.05) is 0 Å². The normalized spacial score (nSPS) is 10.6. The van der Waals surface area contributed by atoms with Crippen LogP contribution in [0.1, 0.15) is 5.56 Å². The number of rotatable bonds is 3. The summed E-state index contributed by atoms with van der Waals surface area (Å²) >= 11 is 5.71. The van der Waals surface area contributed by atoms with Gasteiger partial charge in [-0.15, -0.1) is 0 Å². The molecule has 1 aromatic heterocycles. The maximum Gasteiger partial charge on any atom is 0.488 e. The van der Waals surface area contributed by atoms with Gasteiger partial charge in [-0.2, -0.15) is 5.10 Å². The summed E-state index contributed by atoms with van der Waals surface area (Å²) in [6.45, 7) is 0.292. The zero-order valence-corrected chi connectivity index (χ0v) is 9.47. The van der Waals surface area contributed by atoms with Crippen LogP contribution in [-0.4, -0.2) is 26.9 Å². The molecule has 17 heavy (non-hydrogen) atoms. The van der Waals surface area contributed by atoms with Gasteiger partial charge in [-0.25, -0.2) is 4.39 Å². The van der Waals surface area contributed by atoms with Gasteiger partial charge in [0.15, 0.2) is 0 Å². The molecular formula is C10H9BClFN2O2. The molecule has 1 heterocycles. The summed E-state index contributed by atoms with van der Waals surface area (Å²) in [6, 6.07) is 3.83. The Morgan fingerprint density at radius 2 is 2.18 bits per heavy atom. The molecule has 2 N–H and O–H groups in total. The van der Waals surface area contributed by atoms with Crippen LogP contribution in [0.2, 0.25) is 5.02 Å². The van der Waals surface area contributed by atoms with Crippen LogP contribution in [0.5, 0.6) is 0 Å². The maximum atomic E-state index is 13.0. The monoisotopic (exact) mass is 254 g/mol. The van der Waals surface area contributed by atoms with Crippen LogP contribution >= 0.6 is 11.6 Å². The van der Waals surface area contributed by atoms with Gasteiger partial charge in [0.05, 0.1) is 17.8 Å². The summed E-state index contributed by atoms with van der Waals surface area (Å²) in [5, 5.41) is 22.7. The first-order valence-electron chi connectivity index (χ1n) is 4.88. The smallest absolute Gasteiger partial charge is 0.423 e. The second kappa shape index (κ2) is 4.87. The Morgan fingerprint density at radius 3 is 2.76 bits per heavy atom. The summed E-state index contributed by atoms with van der Waals surface area (Å²) in [5.41, 5.74) is 0.692. The molecule has 2 rings (SSSR count). The molecule has 1 aromatic carbocycles. The Bertz CT molecular complexity index is 533. The first kappa shape index (κ1) is 12.1. The van der Waals surface area contributed by atoms with E-state index in [1.54, 1.807) is 6.20 Å². The zero-order valence-electron chi connectivity index (χ0n) is 8.72. The average Bonchev–Trinajstić information content (AvgIpc) is 2.66. The third-order valence-electron chi connectivity index (χ3n) is 2.32. The van der Waals surface area contributed by atoms with E-state index in [1.807, 2.05) is 0 Å². The number of hydrogen-bond acceptors (Lipinski definition) is 3. The van der Waals surface area contributed by atoms with E-state index in [-0.39, 0.29) is 5.46 Å². The minimum atomic E-state index is -1.72. The van der Waals surface area contributed by atoms with Crippen LogP contribution in [0, 0.1) is 5.82 Å². The van der Waals surface area contributed by atoms with Crippen molar-refractivity contribution in [3.8, 4) is 0 Å². The van der Waals surface area contributed by atoms with Crippen molar-refractivity contribution in [3.05, 3.63) is 47.0 Å². The standard InChI is InChI=1S/C10H9BClFN2O2/c12-8-4-14-15(6-8)5-7-1-2-9(13)3-10(7)11(16)17/h1-4,6,16-17H,5H2. The SMILES string of the molecule is OB(O)c1cc(F)ccc1Cn1cc(Cl)cn1. The number of benzene rings is 1. The van der Waals surface area contributed by atoms with Gasteiger partial charge in [0.2, 0.25) is 0 Å². The average molecular weight is 254 g/mol. The van der Waals surface area contributed by atoms with Crippen molar-refractivity contribution in [3.63, 3.8) is 0 Å². The highest BCUT2D eigenvalue weighted by molar-refractivity contribution is 6.59. The van der Waals surface area contributed by atoms with Crippen LogP contribution in [0.15, 0.2) is 30.6 Å². The minimum Gasteiger partial charge on any atom is -0.423 e. The molecular weight excluding hydrogens is 245 g/mol. The van der Waals surface area contributed by atoms with E-state index < -0.39 is 12.9 Å². The van der Waals surface area contributed by atoms with Crippen molar-refractivity contribution in [2.24, 2.45) is 0 Å². The molecule has 0 fully saturated rings. The van der Waals surface area contributed by atoms with E-state index in [2.05, 4.69) is 5.10 Å². The molecule has 0 atom stereocenters. The second-order valence-corrected chi connectivity index (χ2v) is 4.01. The quantitative estimate of drug-likeness (QED) is 0.780. The van der Waals surface area contributed by atoms with Crippen LogP contribution in [0.25, 0.3) is 0 Å². The molecule has 0 saturated heterocycles. The first-order chi connectivity index (χ1) is 8.06. The molecule has 2 aromatic rings. The largest absolute Gasteiger partial charge is 0.488 e. The molecule has 88 valence electrons. The summed E-state index contributed by atoms with van der Waals surface area (Å²) in [5.74, 6) is -0.518. The Kier molecular flexibility index (Phi) is 3.47. The van der Waals surface area contributed by atoms with Gasteiger partial charge in [-0.3, -0.25) is 4.68 Å². The molecule has 0 bridgehead atoms. The van der Waals surface area contributed by atoms with Crippen molar-refractivity contribution in [1.82, 2.24) is 9.78 Å². The molecule has 0 saturated carbocycles. The predicted molar refractivity (Wildman–Crippen MR) is 62.6 cm³/mol. The molecule has 7 heteroatoms. The van der Waals surface area contributed by atoms with E-state index in [9.17, 15) is 4.39 Å². The van der Waals surface area contributed by atoms with Gasteiger partial charge in [-0.05, 0) is 23.2 Å². The van der Waals surface area contributed by atoms with Gasteiger partial charge < -0.3 is 10.0 Å². The summed E-state index contributed by atoms with van der Waals surface area (Å²) in [6.07, 6.45) is 3.07. The van der Waals surface area contributed by atoms with E-state index >= 15 is 0 Å². The maximum absolute atomic E-state index is 13.0. The van der Waals surface area contributed by atoms with Gasteiger partial charge in [0.25, 0.3) is 0 Å². The van der Waals surface area contributed by atoms with E-state index in [1.165, 1.54) is 23.0 Å². The van der Waals surface area contributed by atoms with Gasteiger partial charge in [0.1, 0.15) is 5.82 Å². The molecule has 0 unspecified atom stereocenters. The fraction of sp³-hybridized carbons (Fsp3) is 0.100. The number of nitrogens with zero attached hydrogens (tertiary/aromatic N) is 2. The molecule has 0 spiro atoms. The lowest BCUT2D eigenvalue weighted by molar-refractivity contribution is 0.424. The number of halogens is 2. The van der Waals surface area contributed by atoms with E-state index in [0.717, 1.165) is 6.07 Å². The topological polar surface area (TPSA) is 58.3 Å². The Hall–Kier alpha value is -1.37. The summed E-state index contributed by atoms with van der Waals surface area (Å²) < 4.78 is 14.5. The number of aromatic nitrogens is 2. The van der Waals surface area contributed by atoms with Crippen LogP contribution in [0.3, 0.4) is 0 Å². The lowest BCUT2D eigenvalue weighted by atomic mass is 9.77. The lowest BCUT2D eigenvalue weighted by Crippen LogP contribution is -2.34. The van der Waals surface area contributed by atoms with Gasteiger partial charge >= 0.3 is 7.12 Å². The van der Waals surface area contributed by atoms with E-state index in [0.29, 0.717) is 17.1 Å². The molecule has 0 amide bonds. The molecule has 0 aliphatic heterocycles. The van der Waals surface area contributed by atoms with Crippen LogP contribution in [0.4, 0.5) is 4.39 Å². The lowest BCUT2D eigenvalue weighted by Gasteiger charge is -2.09. The molecule has 0 aliphatic carbocycles. The number of hydrogen-bond donors (Lipinski definition) is 2. The first-order valence-corrected chi connectivity index (χ1v) is 5.26. The highest BCUT2D eigenvalue weighted by atomic mass is 35.5. The third-order valence-corrected chi connectivity index (χ3v) is 2.52.